The molecule has 3 rings (SSSR count). The second-order valence-electron chi connectivity index (χ2n) is 4.08. The molecule has 4 nitrogen and oxygen atoms in total. The number of aryl methyl sites for hydroxylation is 1. The second-order valence-corrected chi connectivity index (χ2v) is 4.08. The van der Waals surface area contributed by atoms with E-state index in [1.807, 2.05) is 19.2 Å². The zero-order valence-corrected chi connectivity index (χ0v) is 9.44. The average molecular weight is 224 g/mol. The fourth-order valence-electron chi connectivity index (χ4n) is 1.95. The van der Waals surface area contributed by atoms with Crippen LogP contribution >= 0.6 is 0 Å². The van der Waals surface area contributed by atoms with E-state index in [2.05, 4.69) is 33.4 Å². The van der Waals surface area contributed by atoms with Gasteiger partial charge in [0.15, 0.2) is 0 Å². The highest BCUT2D eigenvalue weighted by Gasteiger charge is 2.05. The van der Waals surface area contributed by atoms with E-state index < -0.39 is 0 Å². The molecular formula is C13H12N4. The zero-order valence-electron chi connectivity index (χ0n) is 9.44. The van der Waals surface area contributed by atoms with Gasteiger partial charge >= 0.3 is 0 Å². The molecular weight excluding hydrogens is 212 g/mol. The zero-order chi connectivity index (χ0) is 11.8. The van der Waals surface area contributed by atoms with Gasteiger partial charge in [-0.3, -0.25) is 10.1 Å². The molecule has 0 fully saturated rings. The number of pyridine rings is 1. The van der Waals surface area contributed by atoms with Crippen molar-refractivity contribution in [3.05, 3.63) is 42.4 Å². The topological polar surface area (TPSA) is 67.6 Å². The molecule has 3 aromatic rings. The number of aromatic amines is 1. The molecule has 0 aliphatic carbocycles. The molecule has 0 atom stereocenters. The van der Waals surface area contributed by atoms with E-state index in [9.17, 15) is 0 Å². The van der Waals surface area contributed by atoms with Crippen molar-refractivity contribution in [2.45, 2.75) is 6.92 Å². The number of hydrogen-bond donors (Lipinski definition) is 2. The van der Waals surface area contributed by atoms with E-state index in [4.69, 9.17) is 5.73 Å². The van der Waals surface area contributed by atoms with Crippen molar-refractivity contribution in [2.24, 2.45) is 0 Å². The van der Waals surface area contributed by atoms with Crippen LogP contribution in [-0.4, -0.2) is 15.2 Å². The Labute approximate surface area is 98.5 Å². The van der Waals surface area contributed by atoms with Gasteiger partial charge < -0.3 is 5.73 Å². The molecule has 1 aromatic carbocycles. The molecule has 0 bridgehead atoms. The van der Waals surface area contributed by atoms with Crippen LogP contribution < -0.4 is 5.73 Å². The Bertz CT molecular complexity index is 685. The summed E-state index contributed by atoms with van der Waals surface area (Å²) in [5, 5.41) is 8.95. The maximum atomic E-state index is 5.81. The molecule has 17 heavy (non-hydrogen) atoms. The Kier molecular flexibility index (Phi) is 2.08. The van der Waals surface area contributed by atoms with Crippen molar-refractivity contribution in [3.8, 4) is 11.1 Å². The van der Waals surface area contributed by atoms with Gasteiger partial charge in [0.05, 0.1) is 6.20 Å². The van der Waals surface area contributed by atoms with Crippen molar-refractivity contribution < 1.29 is 0 Å². The van der Waals surface area contributed by atoms with Gasteiger partial charge in [0.25, 0.3) is 0 Å². The summed E-state index contributed by atoms with van der Waals surface area (Å²) in [6, 6.07) is 8.26. The number of nitrogens with zero attached hydrogens (tertiary/aromatic N) is 2. The lowest BCUT2D eigenvalue weighted by Crippen LogP contribution is -1.88. The van der Waals surface area contributed by atoms with Crippen LogP contribution in [0, 0.1) is 6.92 Å². The lowest BCUT2D eigenvalue weighted by atomic mass is 10.0. The number of nitrogens with two attached hydrogens (primary N) is 1. The summed E-state index contributed by atoms with van der Waals surface area (Å²) >= 11 is 0. The summed E-state index contributed by atoms with van der Waals surface area (Å²) in [5.74, 6) is 0.587. The standard InChI is InChI=1S/C13H12N4/c1-8-4-9-2-3-10(5-11(9)6-15-8)12-7-16-17-13(12)14/h2-7H,1H3,(H3,14,16,17). The normalized spacial score (nSPS) is 10.9. The summed E-state index contributed by atoms with van der Waals surface area (Å²) < 4.78 is 0. The summed E-state index contributed by atoms with van der Waals surface area (Å²) in [4.78, 5) is 4.30. The Hall–Kier alpha value is -2.36. The molecule has 84 valence electrons. The average Bonchev–Trinajstić information content (AvgIpc) is 2.75. The van der Waals surface area contributed by atoms with Crippen LogP contribution in [-0.2, 0) is 0 Å². The number of nitrogens with one attached hydrogen (secondary N) is 1. The minimum atomic E-state index is 0.587. The predicted molar refractivity (Wildman–Crippen MR) is 68.5 cm³/mol. The molecule has 3 N–H and O–H groups in total. The monoisotopic (exact) mass is 224 g/mol. The van der Waals surface area contributed by atoms with Crippen molar-refractivity contribution in [3.63, 3.8) is 0 Å². The Balaban J connectivity index is 2.20. The summed E-state index contributed by atoms with van der Waals surface area (Å²) in [6.45, 7) is 1.99. The first-order valence-electron chi connectivity index (χ1n) is 5.40. The number of aromatic nitrogens is 3. The minimum Gasteiger partial charge on any atom is -0.384 e. The van der Waals surface area contributed by atoms with E-state index in [1.54, 1.807) is 6.20 Å². The van der Waals surface area contributed by atoms with Gasteiger partial charge in [0.2, 0.25) is 0 Å². The summed E-state index contributed by atoms with van der Waals surface area (Å²) in [6.07, 6.45) is 3.61. The molecule has 0 amide bonds. The van der Waals surface area contributed by atoms with Crippen LogP contribution in [0.1, 0.15) is 5.69 Å². The molecule has 0 saturated heterocycles. The van der Waals surface area contributed by atoms with Crippen molar-refractivity contribution in [2.75, 3.05) is 5.73 Å². The van der Waals surface area contributed by atoms with Crippen molar-refractivity contribution >= 4 is 16.6 Å². The number of anilines is 1. The lowest BCUT2D eigenvalue weighted by Gasteiger charge is -2.03. The van der Waals surface area contributed by atoms with Gasteiger partial charge in [-0.25, -0.2) is 0 Å². The second kappa shape index (κ2) is 3.59. The van der Waals surface area contributed by atoms with E-state index in [1.165, 1.54) is 5.39 Å². The van der Waals surface area contributed by atoms with Crippen molar-refractivity contribution in [1.82, 2.24) is 15.2 Å². The number of hydrogen-bond acceptors (Lipinski definition) is 3. The van der Waals surface area contributed by atoms with E-state index in [0.29, 0.717) is 5.82 Å². The fraction of sp³-hybridized carbons (Fsp3) is 0.0769. The number of nitrogen functional groups attached to an aromatic ring is 1. The molecule has 2 aromatic heterocycles. The van der Waals surface area contributed by atoms with Crippen LogP contribution in [0.2, 0.25) is 0 Å². The van der Waals surface area contributed by atoms with Gasteiger partial charge in [0.1, 0.15) is 5.82 Å². The van der Waals surface area contributed by atoms with Gasteiger partial charge in [-0.1, -0.05) is 12.1 Å². The van der Waals surface area contributed by atoms with Crippen LogP contribution in [0.5, 0.6) is 0 Å². The van der Waals surface area contributed by atoms with Gasteiger partial charge in [-0.15, -0.1) is 0 Å². The summed E-state index contributed by atoms with van der Waals surface area (Å²) in [7, 11) is 0. The van der Waals surface area contributed by atoms with Crippen LogP contribution in [0.3, 0.4) is 0 Å². The van der Waals surface area contributed by atoms with E-state index in [0.717, 1.165) is 22.2 Å². The number of benzene rings is 1. The van der Waals surface area contributed by atoms with Crippen LogP contribution in [0.25, 0.3) is 21.9 Å². The van der Waals surface area contributed by atoms with E-state index in [-0.39, 0.29) is 0 Å². The fourth-order valence-corrected chi connectivity index (χ4v) is 1.95. The number of H-pyrrole nitrogens is 1. The minimum absolute atomic E-state index is 0.587. The molecule has 0 unspecified atom stereocenters. The Morgan fingerprint density at radius 2 is 2.00 bits per heavy atom. The van der Waals surface area contributed by atoms with Crippen LogP contribution in [0.15, 0.2) is 36.7 Å². The molecule has 4 heteroatoms. The lowest BCUT2D eigenvalue weighted by molar-refractivity contribution is 1.10. The number of rotatable bonds is 1. The highest BCUT2D eigenvalue weighted by Crippen LogP contribution is 2.27. The molecule has 0 aliphatic heterocycles. The Morgan fingerprint density at radius 3 is 2.76 bits per heavy atom. The first kappa shape index (κ1) is 9.84. The first-order valence-corrected chi connectivity index (χ1v) is 5.40. The Morgan fingerprint density at radius 1 is 1.12 bits per heavy atom. The van der Waals surface area contributed by atoms with E-state index >= 15 is 0 Å². The third-order valence-electron chi connectivity index (χ3n) is 2.84. The van der Waals surface area contributed by atoms with Crippen LogP contribution in [0.4, 0.5) is 5.82 Å². The van der Waals surface area contributed by atoms with Gasteiger partial charge in [-0.2, -0.15) is 5.10 Å². The van der Waals surface area contributed by atoms with Crippen molar-refractivity contribution in [1.29, 1.82) is 0 Å². The highest BCUT2D eigenvalue weighted by molar-refractivity contribution is 5.88. The predicted octanol–water partition coefficient (Wildman–Crippen LogP) is 2.52. The molecule has 0 radical (unpaired) electrons. The SMILES string of the molecule is Cc1cc2ccc(-c3cn[nH]c3N)cc2cn1. The third kappa shape index (κ3) is 1.63. The highest BCUT2D eigenvalue weighted by atomic mass is 15.1. The molecule has 0 spiro atoms. The third-order valence-corrected chi connectivity index (χ3v) is 2.84. The molecule has 2 heterocycles. The summed E-state index contributed by atoms with van der Waals surface area (Å²) in [5.41, 5.74) is 8.80. The quantitative estimate of drug-likeness (QED) is 0.667. The largest absolute Gasteiger partial charge is 0.384 e. The maximum Gasteiger partial charge on any atom is 0.126 e. The van der Waals surface area contributed by atoms with Gasteiger partial charge in [0, 0.05) is 22.8 Å². The molecule has 0 saturated carbocycles. The first-order chi connectivity index (χ1) is 8.24. The molecule has 0 aliphatic rings. The number of fused-ring (bicyclic) bond motifs is 1. The smallest absolute Gasteiger partial charge is 0.126 e. The maximum absolute atomic E-state index is 5.81. The van der Waals surface area contributed by atoms with Gasteiger partial charge in [-0.05, 0) is 30.0 Å².